The summed E-state index contributed by atoms with van der Waals surface area (Å²) < 4.78 is 15.7. The van der Waals surface area contributed by atoms with Crippen LogP contribution >= 0.6 is 0 Å². The molecule has 8 heteroatoms. The predicted octanol–water partition coefficient (Wildman–Crippen LogP) is 4.02. The van der Waals surface area contributed by atoms with E-state index in [4.69, 9.17) is 0 Å². The van der Waals surface area contributed by atoms with Gasteiger partial charge in [-0.25, -0.2) is 23.9 Å². The number of H-pyrrole nitrogens is 1. The molecule has 5 heterocycles. The van der Waals surface area contributed by atoms with Crippen LogP contribution in [0.4, 0.5) is 4.39 Å². The SMILES string of the molecule is Fc1cc(-c2c[nH]c3nc(-c4ccc5ncccc5c4)ncc23)cn2ncnc12. The van der Waals surface area contributed by atoms with Crippen LogP contribution in [-0.2, 0) is 0 Å². The smallest absolute Gasteiger partial charge is 0.191 e. The number of pyridine rings is 2. The largest absolute Gasteiger partial charge is 0.345 e. The molecule has 0 atom stereocenters. The third-order valence-electron chi connectivity index (χ3n) is 4.93. The zero-order chi connectivity index (χ0) is 19.4. The number of halogens is 1. The van der Waals surface area contributed by atoms with Crippen LogP contribution in [0, 0.1) is 5.82 Å². The van der Waals surface area contributed by atoms with Crippen LogP contribution in [0.5, 0.6) is 0 Å². The van der Waals surface area contributed by atoms with Gasteiger partial charge >= 0.3 is 0 Å². The van der Waals surface area contributed by atoms with Crippen LogP contribution in [0.2, 0.25) is 0 Å². The molecule has 0 saturated carbocycles. The normalized spacial score (nSPS) is 11.6. The van der Waals surface area contributed by atoms with Crippen molar-refractivity contribution in [1.29, 1.82) is 0 Å². The maximum atomic E-state index is 14.3. The molecule has 0 spiro atoms. The van der Waals surface area contributed by atoms with Crippen molar-refractivity contribution in [3.8, 4) is 22.5 Å². The molecule has 0 bridgehead atoms. The van der Waals surface area contributed by atoms with Crippen LogP contribution in [-0.4, -0.2) is 34.5 Å². The summed E-state index contributed by atoms with van der Waals surface area (Å²) in [5.74, 6) is 0.172. The van der Waals surface area contributed by atoms with Gasteiger partial charge < -0.3 is 4.98 Å². The molecular weight excluding hydrogens is 369 g/mol. The van der Waals surface area contributed by atoms with Gasteiger partial charge in [-0.15, -0.1) is 0 Å². The Morgan fingerprint density at radius 3 is 2.93 bits per heavy atom. The van der Waals surface area contributed by atoms with Crippen LogP contribution in [0.1, 0.15) is 0 Å². The molecule has 0 radical (unpaired) electrons. The van der Waals surface area contributed by atoms with Crippen molar-refractivity contribution in [1.82, 2.24) is 34.5 Å². The van der Waals surface area contributed by atoms with E-state index in [9.17, 15) is 4.39 Å². The molecule has 0 unspecified atom stereocenters. The minimum atomic E-state index is -0.434. The topological polar surface area (TPSA) is 84.7 Å². The van der Waals surface area contributed by atoms with E-state index in [-0.39, 0.29) is 5.65 Å². The summed E-state index contributed by atoms with van der Waals surface area (Å²) in [6.45, 7) is 0. The number of aromatic nitrogens is 7. The maximum absolute atomic E-state index is 14.3. The number of hydrogen-bond acceptors (Lipinski definition) is 5. The van der Waals surface area contributed by atoms with E-state index in [1.165, 1.54) is 16.9 Å². The first kappa shape index (κ1) is 15.8. The molecule has 138 valence electrons. The van der Waals surface area contributed by atoms with Crippen molar-refractivity contribution in [2.24, 2.45) is 0 Å². The first-order valence-electron chi connectivity index (χ1n) is 8.95. The van der Waals surface area contributed by atoms with E-state index in [0.29, 0.717) is 17.0 Å². The van der Waals surface area contributed by atoms with E-state index in [1.807, 2.05) is 30.3 Å². The molecule has 0 fully saturated rings. The highest BCUT2D eigenvalue weighted by Crippen LogP contribution is 2.30. The average Bonchev–Trinajstić information content (AvgIpc) is 3.40. The molecular formula is C21H12FN7. The Bertz CT molecular complexity index is 1530. The lowest BCUT2D eigenvalue weighted by Gasteiger charge is -2.04. The molecule has 0 aliphatic carbocycles. The fourth-order valence-corrected chi connectivity index (χ4v) is 3.53. The van der Waals surface area contributed by atoms with E-state index in [2.05, 4.69) is 30.0 Å². The lowest BCUT2D eigenvalue weighted by atomic mass is 10.1. The first-order valence-corrected chi connectivity index (χ1v) is 8.95. The number of benzene rings is 1. The van der Waals surface area contributed by atoms with Gasteiger partial charge in [0.15, 0.2) is 17.3 Å². The third-order valence-corrected chi connectivity index (χ3v) is 4.93. The van der Waals surface area contributed by atoms with Crippen molar-refractivity contribution in [2.45, 2.75) is 0 Å². The van der Waals surface area contributed by atoms with E-state index < -0.39 is 5.82 Å². The van der Waals surface area contributed by atoms with Gasteiger partial charge in [-0.3, -0.25) is 4.98 Å². The fourth-order valence-electron chi connectivity index (χ4n) is 3.53. The molecule has 5 aromatic heterocycles. The minimum Gasteiger partial charge on any atom is -0.345 e. The molecule has 29 heavy (non-hydrogen) atoms. The fraction of sp³-hybridized carbons (Fsp3) is 0. The lowest BCUT2D eigenvalue weighted by molar-refractivity contribution is 0.628. The Balaban J connectivity index is 1.47. The van der Waals surface area contributed by atoms with Gasteiger partial charge in [-0.1, -0.05) is 6.07 Å². The van der Waals surface area contributed by atoms with E-state index in [0.717, 1.165) is 27.4 Å². The second-order valence-electron chi connectivity index (χ2n) is 6.67. The van der Waals surface area contributed by atoms with Crippen molar-refractivity contribution in [3.63, 3.8) is 0 Å². The molecule has 0 aliphatic rings. The van der Waals surface area contributed by atoms with Crippen LogP contribution < -0.4 is 0 Å². The zero-order valence-corrected chi connectivity index (χ0v) is 14.9. The summed E-state index contributed by atoms with van der Waals surface area (Å²) in [6, 6.07) is 11.3. The number of nitrogens with one attached hydrogen (secondary N) is 1. The van der Waals surface area contributed by atoms with Gasteiger partial charge in [0.1, 0.15) is 12.0 Å². The van der Waals surface area contributed by atoms with Gasteiger partial charge in [0.25, 0.3) is 0 Å². The molecule has 6 rings (SSSR count). The molecule has 1 N–H and O–H groups in total. The molecule has 1 aromatic carbocycles. The summed E-state index contributed by atoms with van der Waals surface area (Å²) in [4.78, 5) is 20.6. The Kier molecular flexibility index (Phi) is 3.22. The average molecular weight is 381 g/mol. The number of fused-ring (bicyclic) bond motifs is 3. The molecule has 6 aromatic rings. The highest BCUT2D eigenvalue weighted by molar-refractivity contribution is 5.94. The van der Waals surface area contributed by atoms with Crippen molar-refractivity contribution in [3.05, 3.63) is 73.3 Å². The number of nitrogens with zero attached hydrogens (tertiary/aromatic N) is 6. The van der Waals surface area contributed by atoms with Crippen LogP contribution in [0.25, 0.3) is 50.1 Å². The van der Waals surface area contributed by atoms with Gasteiger partial charge in [-0.05, 0) is 30.3 Å². The second kappa shape index (κ2) is 5.90. The quantitative estimate of drug-likeness (QED) is 0.490. The Hall–Kier alpha value is -4.20. The van der Waals surface area contributed by atoms with Gasteiger partial charge in [0.05, 0.1) is 5.52 Å². The predicted molar refractivity (Wildman–Crippen MR) is 107 cm³/mol. The van der Waals surface area contributed by atoms with Gasteiger partial charge in [-0.2, -0.15) is 5.10 Å². The number of hydrogen-bond donors (Lipinski definition) is 1. The lowest BCUT2D eigenvalue weighted by Crippen LogP contribution is -1.93. The third kappa shape index (κ3) is 2.46. The second-order valence-corrected chi connectivity index (χ2v) is 6.67. The maximum Gasteiger partial charge on any atom is 0.191 e. The Labute approximate surface area is 162 Å². The van der Waals surface area contributed by atoms with Crippen molar-refractivity contribution >= 4 is 27.6 Å². The van der Waals surface area contributed by atoms with Crippen molar-refractivity contribution in [2.75, 3.05) is 0 Å². The highest BCUT2D eigenvalue weighted by Gasteiger charge is 2.13. The van der Waals surface area contributed by atoms with Gasteiger partial charge in [0.2, 0.25) is 0 Å². The zero-order valence-electron chi connectivity index (χ0n) is 14.9. The van der Waals surface area contributed by atoms with Gasteiger partial charge in [0, 0.05) is 52.3 Å². The Morgan fingerprint density at radius 2 is 1.97 bits per heavy atom. The molecule has 0 saturated heterocycles. The minimum absolute atomic E-state index is 0.193. The molecule has 0 amide bonds. The summed E-state index contributed by atoms with van der Waals surface area (Å²) in [7, 11) is 0. The summed E-state index contributed by atoms with van der Waals surface area (Å²) in [6.07, 6.45) is 8.38. The number of rotatable bonds is 2. The monoisotopic (exact) mass is 381 g/mol. The number of aromatic amines is 1. The first-order chi connectivity index (χ1) is 14.3. The molecule has 7 nitrogen and oxygen atoms in total. The highest BCUT2D eigenvalue weighted by atomic mass is 19.1. The van der Waals surface area contributed by atoms with E-state index >= 15 is 0 Å². The van der Waals surface area contributed by atoms with E-state index in [1.54, 1.807) is 24.8 Å². The molecule has 0 aliphatic heterocycles. The van der Waals surface area contributed by atoms with Crippen LogP contribution in [0.15, 0.2) is 67.5 Å². The standard InChI is InChI=1S/C21H12FN7/c22-17-7-14(10-29-21(17)26-11-27-29)15-8-25-20-16(15)9-24-19(28-20)13-3-4-18-12(6-13)2-1-5-23-18/h1-11H,(H,24,25,28). The summed E-state index contributed by atoms with van der Waals surface area (Å²) >= 11 is 0. The van der Waals surface area contributed by atoms with Crippen molar-refractivity contribution < 1.29 is 4.39 Å². The van der Waals surface area contributed by atoms with Crippen LogP contribution in [0.3, 0.4) is 0 Å². The summed E-state index contributed by atoms with van der Waals surface area (Å²) in [5.41, 5.74) is 4.15. The summed E-state index contributed by atoms with van der Waals surface area (Å²) in [5, 5.41) is 5.85. The Morgan fingerprint density at radius 1 is 1.00 bits per heavy atom.